The highest BCUT2D eigenvalue weighted by atomic mass is 35.5. The standard InChI is InChI=1S/C14H8Cl3F3/c15-9-3-1-7(6-11(9)17)5-10(16)8-2-4-12(18)14(20)13(8)19/h1-4,6,10H,5H2. The van der Waals surface area contributed by atoms with E-state index in [-0.39, 0.29) is 12.0 Å². The molecule has 0 nitrogen and oxygen atoms in total. The topological polar surface area (TPSA) is 0 Å². The van der Waals surface area contributed by atoms with Gasteiger partial charge in [-0.15, -0.1) is 11.6 Å². The van der Waals surface area contributed by atoms with Gasteiger partial charge in [-0.1, -0.05) is 35.3 Å². The average Bonchev–Trinajstić information content (AvgIpc) is 2.40. The Labute approximate surface area is 129 Å². The van der Waals surface area contributed by atoms with Crippen LogP contribution in [0.3, 0.4) is 0 Å². The number of alkyl halides is 1. The lowest BCUT2D eigenvalue weighted by molar-refractivity contribution is 0.440. The van der Waals surface area contributed by atoms with E-state index in [0.29, 0.717) is 15.6 Å². The summed E-state index contributed by atoms with van der Waals surface area (Å²) in [6.45, 7) is 0. The molecule has 0 saturated carbocycles. The van der Waals surface area contributed by atoms with E-state index in [1.54, 1.807) is 18.2 Å². The van der Waals surface area contributed by atoms with Gasteiger partial charge >= 0.3 is 0 Å². The van der Waals surface area contributed by atoms with E-state index in [1.807, 2.05) is 0 Å². The maximum absolute atomic E-state index is 13.6. The number of rotatable bonds is 3. The molecule has 1 unspecified atom stereocenters. The predicted octanol–water partition coefficient (Wildman–Crippen LogP) is 5.93. The zero-order chi connectivity index (χ0) is 14.9. The third-order valence-electron chi connectivity index (χ3n) is 2.80. The molecule has 2 aromatic rings. The molecule has 2 aromatic carbocycles. The second-order valence-corrected chi connectivity index (χ2v) is 5.53. The molecule has 0 aliphatic rings. The van der Waals surface area contributed by atoms with Crippen LogP contribution in [0.25, 0.3) is 0 Å². The van der Waals surface area contributed by atoms with Gasteiger partial charge in [0.15, 0.2) is 17.5 Å². The first-order valence-corrected chi connectivity index (χ1v) is 6.80. The molecule has 0 heterocycles. The van der Waals surface area contributed by atoms with Gasteiger partial charge in [-0.25, -0.2) is 13.2 Å². The van der Waals surface area contributed by atoms with Gasteiger partial charge in [0, 0.05) is 5.56 Å². The molecule has 6 heteroatoms. The van der Waals surface area contributed by atoms with Crippen molar-refractivity contribution in [1.82, 2.24) is 0 Å². The smallest absolute Gasteiger partial charge is 0.194 e. The first-order valence-electron chi connectivity index (χ1n) is 5.61. The molecule has 0 bridgehead atoms. The van der Waals surface area contributed by atoms with E-state index in [2.05, 4.69) is 0 Å². The van der Waals surface area contributed by atoms with Crippen molar-refractivity contribution < 1.29 is 13.2 Å². The molecule has 0 amide bonds. The van der Waals surface area contributed by atoms with E-state index in [1.165, 1.54) is 0 Å². The van der Waals surface area contributed by atoms with Gasteiger partial charge in [-0.3, -0.25) is 0 Å². The zero-order valence-corrected chi connectivity index (χ0v) is 12.2. The van der Waals surface area contributed by atoms with Crippen LogP contribution < -0.4 is 0 Å². The number of hydrogen-bond donors (Lipinski definition) is 0. The van der Waals surface area contributed by atoms with Gasteiger partial charge in [0.1, 0.15) is 0 Å². The van der Waals surface area contributed by atoms with Crippen LogP contribution in [0.15, 0.2) is 30.3 Å². The Morgan fingerprint density at radius 3 is 2.25 bits per heavy atom. The van der Waals surface area contributed by atoms with Crippen LogP contribution in [0.4, 0.5) is 13.2 Å². The molecule has 106 valence electrons. The molecule has 0 radical (unpaired) electrons. The minimum atomic E-state index is -1.53. The lowest BCUT2D eigenvalue weighted by Gasteiger charge is -2.12. The van der Waals surface area contributed by atoms with Crippen molar-refractivity contribution in [2.24, 2.45) is 0 Å². The molecule has 0 fully saturated rings. The number of benzene rings is 2. The van der Waals surface area contributed by atoms with Gasteiger partial charge in [0.25, 0.3) is 0 Å². The van der Waals surface area contributed by atoms with Crippen molar-refractivity contribution in [3.8, 4) is 0 Å². The normalized spacial score (nSPS) is 12.5. The summed E-state index contributed by atoms with van der Waals surface area (Å²) in [6.07, 6.45) is 0.209. The van der Waals surface area contributed by atoms with E-state index >= 15 is 0 Å². The van der Waals surface area contributed by atoms with Crippen molar-refractivity contribution >= 4 is 34.8 Å². The van der Waals surface area contributed by atoms with Crippen LogP contribution in [-0.2, 0) is 6.42 Å². The van der Waals surface area contributed by atoms with Gasteiger partial charge < -0.3 is 0 Å². The summed E-state index contributed by atoms with van der Waals surface area (Å²) in [7, 11) is 0. The van der Waals surface area contributed by atoms with Gasteiger partial charge in [0.05, 0.1) is 15.4 Å². The summed E-state index contributed by atoms with van der Waals surface area (Å²) in [5.41, 5.74) is 0.611. The van der Waals surface area contributed by atoms with Gasteiger partial charge in [-0.2, -0.15) is 0 Å². The summed E-state index contributed by atoms with van der Waals surface area (Å²) in [4.78, 5) is 0. The lowest BCUT2D eigenvalue weighted by atomic mass is 10.0. The second-order valence-electron chi connectivity index (χ2n) is 4.18. The van der Waals surface area contributed by atoms with Crippen LogP contribution >= 0.6 is 34.8 Å². The summed E-state index contributed by atoms with van der Waals surface area (Å²) < 4.78 is 39.6. The van der Waals surface area contributed by atoms with Crippen molar-refractivity contribution in [1.29, 1.82) is 0 Å². The first-order chi connectivity index (χ1) is 9.40. The molecular weight excluding hydrogens is 332 g/mol. The maximum atomic E-state index is 13.6. The lowest BCUT2D eigenvalue weighted by Crippen LogP contribution is -2.03. The Morgan fingerprint density at radius 2 is 1.60 bits per heavy atom. The highest BCUT2D eigenvalue weighted by Gasteiger charge is 2.19. The Kier molecular flexibility index (Phi) is 4.84. The molecule has 0 N–H and O–H groups in total. The number of hydrogen-bond acceptors (Lipinski definition) is 0. The Hall–Kier alpha value is -0.900. The highest BCUT2D eigenvalue weighted by Crippen LogP contribution is 2.31. The Morgan fingerprint density at radius 1 is 0.900 bits per heavy atom. The van der Waals surface area contributed by atoms with E-state index < -0.39 is 22.8 Å². The first kappa shape index (κ1) is 15.5. The van der Waals surface area contributed by atoms with Crippen molar-refractivity contribution in [3.05, 3.63) is 69.0 Å². The summed E-state index contributed by atoms with van der Waals surface area (Å²) >= 11 is 17.7. The quantitative estimate of drug-likeness (QED) is 0.480. The third kappa shape index (κ3) is 3.22. The summed E-state index contributed by atoms with van der Waals surface area (Å²) in [6, 6.07) is 6.84. The van der Waals surface area contributed by atoms with Crippen LogP contribution in [0.1, 0.15) is 16.5 Å². The van der Waals surface area contributed by atoms with Gasteiger partial charge in [-0.05, 0) is 30.2 Å². The molecular formula is C14H8Cl3F3. The van der Waals surface area contributed by atoms with E-state index in [0.717, 1.165) is 12.1 Å². The van der Waals surface area contributed by atoms with E-state index in [4.69, 9.17) is 34.8 Å². The van der Waals surface area contributed by atoms with Gasteiger partial charge in [0.2, 0.25) is 0 Å². The fourth-order valence-electron chi connectivity index (χ4n) is 1.77. The Balaban J connectivity index is 2.26. The van der Waals surface area contributed by atoms with Crippen LogP contribution in [0, 0.1) is 17.5 Å². The Bertz CT molecular complexity index is 644. The van der Waals surface area contributed by atoms with E-state index in [9.17, 15) is 13.2 Å². The molecule has 0 spiro atoms. The molecule has 0 saturated heterocycles. The van der Waals surface area contributed by atoms with Crippen LogP contribution in [-0.4, -0.2) is 0 Å². The summed E-state index contributed by atoms with van der Waals surface area (Å²) in [5.74, 6) is -4.04. The zero-order valence-electron chi connectivity index (χ0n) is 9.94. The molecule has 0 aliphatic carbocycles. The monoisotopic (exact) mass is 338 g/mol. The molecule has 0 aromatic heterocycles. The number of halogens is 6. The van der Waals surface area contributed by atoms with Crippen LogP contribution in [0.5, 0.6) is 0 Å². The fourth-order valence-corrected chi connectivity index (χ4v) is 2.43. The molecule has 20 heavy (non-hydrogen) atoms. The minimum Gasteiger partial charge on any atom is -0.204 e. The fraction of sp³-hybridized carbons (Fsp3) is 0.143. The average molecular weight is 340 g/mol. The predicted molar refractivity (Wildman–Crippen MR) is 75.1 cm³/mol. The molecule has 2 rings (SSSR count). The molecule has 1 atom stereocenters. The van der Waals surface area contributed by atoms with Crippen LogP contribution in [0.2, 0.25) is 10.0 Å². The minimum absolute atomic E-state index is 0.100. The van der Waals surface area contributed by atoms with Crippen molar-refractivity contribution in [2.75, 3.05) is 0 Å². The largest absolute Gasteiger partial charge is 0.204 e. The second kappa shape index (κ2) is 6.25. The molecule has 0 aliphatic heterocycles. The maximum Gasteiger partial charge on any atom is 0.194 e. The SMILES string of the molecule is Fc1ccc(C(Cl)Cc2ccc(Cl)c(Cl)c2)c(F)c1F. The third-order valence-corrected chi connectivity index (χ3v) is 3.93. The van der Waals surface area contributed by atoms with Crippen molar-refractivity contribution in [3.63, 3.8) is 0 Å². The summed E-state index contributed by atoms with van der Waals surface area (Å²) in [5, 5.41) is -0.110. The van der Waals surface area contributed by atoms with Crippen molar-refractivity contribution in [2.45, 2.75) is 11.8 Å². The highest BCUT2D eigenvalue weighted by molar-refractivity contribution is 6.42.